The first-order valence-corrected chi connectivity index (χ1v) is 9.09. The number of rotatable bonds is 3. The van der Waals surface area contributed by atoms with Gasteiger partial charge in [-0.05, 0) is 64.4 Å². The molecular formula is C16H26BrNS. The molecule has 3 heteroatoms. The summed E-state index contributed by atoms with van der Waals surface area (Å²) in [6.07, 6.45) is 6.85. The van der Waals surface area contributed by atoms with Crippen LogP contribution in [0.4, 0.5) is 0 Å². The van der Waals surface area contributed by atoms with Crippen LogP contribution >= 0.6 is 27.3 Å². The molecule has 2 atom stereocenters. The molecule has 1 heterocycles. The highest BCUT2D eigenvalue weighted by Gasteiger charge is 2.27. The molecule has 0 aromatic carbocycles. The molecule has 1 aliphatic rings. The molecule has 0 bridgehead atoms. The maximum Gasteiger partial charge on any atom is 0.0327 e. The van der Waals surface area contributed by atoms with Gasteiger partial charge in [-0.1, -0.05) is 27.2 Å². The second kappa shape index (κ2) is 6.73. The van der Waals surface area contributed by atoms with Crippen molar-refractivity contribution in [2.75, 3.05) is 0 Å². The minimum atomic E-state index is 0.478. The summed E-state index contributed by atoms with van der Waals surface area (Å²) < 4.78 is 1.26. The van der Waals surface area contributed by atoms with Crippen molar-refractivity contribution in [3.63, 3.8) is 0 Å². The van der Waals surface area contributed by atoms with Crippen molar-refractivity contribution in [3.05, 3.63) is 20.8 Å². The summed E-state index contributed by atoms with van der Waals surface area (Å²) in [7, 11) is 0. The molecule has 1 nitrogen and oxygen atoms in total. The number of hydrogen-bond acceptors (Lipinski definition) is 2. The Kier molecular flexibility index (Phi) is 5.50. The third kappa shape index (κ3) is 4.57. The van der Waals surface area contributed by atoms with E-state index in [1.54, 1.807) is 0 Å². The van der Waals surface area contributed by atoms with Gasteiger partial charge in [0, 0.05) is 21.9 Å². The monoisotopic (exact) mass is 343 g/mol. The summed E-state index contributed by atoms with van der Waals surface area (Å²) in [5.74, 6) is 0.896. The third-order valence-electron chi connectivity index (χ3n) is 4.44. The molecule has 1 saturated carbocycles. The van der Waals surface area contributed by atoms with Crippen LogP contribution < -0.4 is 5.32 Å². The summed E-state index contributed by atoms with van der Waals surface area (Å²) >= 11 is 5.45. The molecule has 0 spiro atoms. The predicted molar refractivity (Wildman–Crippen MR) is 88.7 cm³/mol. The molecule has 1 aromatic rings. The van der Waals surface area contributed by atoms with Gasteiger partial charge in [-0.3, -0.25) is 0 Å². The summed E-state index contributed by atoms with van der Waals surface area (Å²) in [6.45, 7) is 8.21. The predicted octanol–water partition coefficient (Wildman–Crippen LogP) is 5.60. The van der Waals surface area contributed by atoms with Crippen LogP contribution in [0.2, 0.25) is 0 Å². The van der Waals surface area contributed by atoms with Crippen molar-refractivity contribution in [3.8, 4) is 0 Å². The molecular weight excluding hydrogens is 318 g/mol. The van der Waals surface area contributed by atoms with E-state index in [-0.39, 0.29) is 0 Å². The fraction of sp³-hybridized carbons (Fsp3) is 0.750. The lowest BCUT2D eigenvalue weighted by Gasteiger charge is -2.29. The zero-order chi connectivity index (χ0) is 13.9. The van der Waals surface area contributed by atoms with E-state index in [4.69, 9.17) is 0 Å². The van der Waals surface area contributed by atoms with Crippen molar-refractivity contribution in [2.45, 2.75) is 65.5 Å². The van der Waals surface area contributed by atoms with Crippen molar-refractivity contribution < 1.29 is 0 Å². The third-order valence-corrected chi connectivity index (χ3v) is 6.36. The molecule has 2 unspecified atom stereocenters. The van der Waals surface area contributed by atoms with Gasteiger partial charge in [0.1, 0.15) is 0 Å². The lowest BCUT2D eigenvalue weighted by atomic mass is 9.76. The molecule has 1 aromatic heterocycles. The fourth-order valence-corrected chi connectivity index (χ4v) is 4.50. The van der Waals surface area contributed by atoms with Crippen LogP contribution in [0.3, 0.4) is 0 Å². The lowest BCUT2D eigenvalue weighted by molar-refractivity contribution is 0.213. The number of nitrogens with one attached hydrogen (secondary N) is 1. The molecule has 0 saturated heterocycles. The standard InChI is InChI=1S/C16H26BrNS/c1-16(2,3)12-5-4-6-13(8-7-12)18-11-15-14(17)9-10-19-15/h9-10,12-13,18H,4-8,11H2,1-3H3. The SMILES string of the molecule is CC(C)(C)C1CCCC(NCc2sccc2Br)CC1. The number of hydrogen-bond donors (Lipinski definition) is 1. The summed E-state index contributed by atoms with van der Waals surface area (Å²) in [5, 5.41) is 5.91. The molecule has 1 aliphatic carbocycles. The Morgan fingerprint density at radius 1 is 1.26 bits per heavy atom. The minimum Gasteiger partial charge on any atom is -0.309 e. The van der Waals surface area contributed by atoms with Crippen LogP contribution in [-0.2, 0) is 6.54 Å². The topological polar surface area (TPSA) is 12.0 Å². The Morgan fingerprint density at radius 3 is 2.68 bits per heavy atom. The van der Waals surface area contributed by atoms with Gasteiger partial charge in [-0.25, -0.2) is 0 Å². The highest BCUT2D eigenvalue weighted by molar-refractivity contribution is 9.10. The highest BCUT2D eigenvalue weighted by Crippen LogP contribution is 2.36. The van der Waals surface area contributed by atoms with Crippen LogP contribution in [0, 0.1) is 11.3 Å². The summed E-state index contributed by atoms with van der Waals surface area (Å²) in [5.41, 5.74) is 0.478. The quantitative estimate of drug-likeness (QED) is 0.704. The normalized spacial score (nSPS) is 25.3. The van der Waals surface area contributed by atoms with E-state index < -0.39 is 0 Å². The van der Waals surface area contributed by atoms with E-state index in [0.29, 0.717) is 11.5 Å². The van der Waals surface area contributed by atoms with E-state index in [0.717, 1.165) is 12.5 Å². The van der Waals surface area contributed by atoms with E-state index in [1.807, 2.05) is 11.3 Å². The van der Waals surface area contributed by atoms with E-state index in [1.165, 1.54) is 41.5 Å². The molecule has 1 N–H and O–H groups in total. The first-order chi connectivity index (χ1) is 8.97. The van der Waals surface area contributed by atoms with E-state index in [2.05, 4.69) is 53.5 Å². The van der Waals surface area contributed by atoms with Gasteiger partial charge in [0.2, 0.25) is 0 Å². The zero-order valence-electron chi connectivity index (χ0n) is 12.3. The van der Waals surface area contributed by atoms with Crippen LogP contribution in [0.25, 0.3) is 0 Å². The van der Waals surface area contributed by atoms with Gasteiger partial charge in [0.25, 0.3) is 0 Å². The number of thiophene rings is 1. The van der Waals surface area contributed by atoms with Crippen molar-refractivity contribution in [1.29, 1.82) is 0 Å². The zero-order valence-corrected chi connectivity index (χ0v) is 14.7. The highest BCUT2D eigenvalue weighted by atomic mass is 79.9. The second-order valence-electron chi connectivity index (χ2n) is 6.84. The molecule has 0 radical (unpaired) electrons. The molecule has 108 valence electrons. The lowest BCUT2D eigenvalue weighted by Crippen LogP contribution is -2.28. The summed E-state index contributed by atoms with van der Waals surface area (Å²) in [4.78, 5) is 1.43. The van der Waals surface area contributed by atoms with Crippen LogP contribution in [0.15, 0.2) is 15.9 Å². The Hall–Kier alpha value is 0.140. The Morgan fingerprint density at radius 2 is 2.05 bits per heavy atom. The molecule has 2 rings (SSSR count). The molecule has 0 aliphatic heterocycles. The first-order valence-electron chi connectivity index (χ1n) is 7.42. The van der Waals surface area contributed by atoms with E-state index in [9.17, 15) is 0 Å². The van der Waals surface area contributed by atoms with Crippen LogP contribution in [-0.4, -0.2) is 6.04 Å². The molecule has 19 heavy (non-hydrogen) atoms. The minimum absolute atomic E-state index is 0.478. The Balaban J connectivity index is 1.82. The van der Waals surface area contributed by atoms with Crippen molar-refractivity contribution >= 4 is 27.3 Å². The average Bonchev–Trinajstić information content (AvgIpc) is 2.61. The fourth-order valence-electron chi connectivity index (χ4n) is 3.06. The van der Waals surface area contributed by atoms with Gasteiger partial charge in [0.05, 0.1) is 0 Å². The summed E-state index contributed by atoms with van der Waals surface area (Å²) in [6, 6.07) is 2.85. The van der Waals surface area contributed by atoms with Crippen molar-refractivity contribution in [1.82, 2.24) is 5.32 Å². The Labute approximate surface area is 130 Å². The van der Waals surface area contributed by atoms with Gasteiger partial charge < -0.3 is 5.32 Å². The first kappa shape index (κ1) is 15.5. The van der Waals surface area contributed by atoms with Crippen molar-refractivity contribution in [2.24, 2.45) is 11.3 Å². The van der Waals surface area contributed by atoms with Gasteiger partial charge in [-0.15, -0.1) is 11.3 Å². The van der Waals surface area contributed by atoms with E-state index >= 15 is 0 Å². The maximum absolute atomic E-state index is 3.76. The molecule has 1 fully saturated rings. The molecule has 0 amide bonds. The average molecular weight is 344 g/mol. The van der Waals surface area contributed by atoms with Gasteiger partial charge >= 0.3 is 0 Å². The number of halogens is 1. The van der Waals surface area contributed by atoms with Crippen LogP contribution in [0.1, 0.15) is 57.8 Å². The largest absolute Gasteiger partial charge is 0.309 e. The maximum atomic E-state index is 3.76. The van der Waals surface area contributed by atoms with Gasteiger partial charge in [-0.2, -0.15) is 0 Å². The van der Waals surface area contributed by atoms with Crippen LogP contribution in [0.5, 0.6) is 0 Å². The van der Waals surface area contributed by atoms with Gasteiger partial charge in [0.15, 0.2) is 0 Å². The second-order valence-corrected chi connectivity index (χ2v) is 8.70. The smallest absolute Gasteiger partial charge is 0.0327 e. The Bertz CT molecular complexity index is 394.